The fourth-order valence-corrected chi connectivity index (χ4v) is 9.39. The number of nitrogens with one attached hydrogen (secondary N) is 2. The van der Waals surface area contributed by atoms with Crippen molar-refractivity contribution in [1.29, 1.82) is 5.26 Å². The molecule has 3 aromatic rings. The number of fused-ring (bicyclic) bond motifs is 1. The van der Waals surface area contributed by atoms with Crippen LogP contribution in [0.5, 0.6) is 5.75 Å². The van der Waals surface area contributed by atoms with Crippen LogP contribution >= 0.6 is 0 Å². The largest absolute Gasteiger partial charge is 0.495 e. The number of piperazine rings is 2. The van der Waals surface area contributed by atoms with Crippen LogP contribution in [0.1, 0.15) is 72.2 Å². The molecule has 2 aromatic carbocycles. The van der Waals surface area contributed by atoms with Crippen molar-refractivity contribution < 1.29 is 33.1 Å². The standard InChI is InChI=1S/C44H51FN10O6/c1-4-31-26-53(32-7-5-29(22-46)38(19-32)61-3)27(2)24-54(31)44(60)48-30-6-9-39(47-23-30)52-13-11-28(12-14-52)25-50-15-17-51(18-16-50)37-21-34-33(20-35(37)45)42(58)55(43(34)59)36-8-10-40(56)49-41(36)57/h5-7,9,19-21,23,27-28,31,36H,4,8,10-18,24-26H2,1-3H3,(H,48,60)(H,49,56,57)/t27-,31+,36?/m0/s1. The maximum atomic E-state index is 15.5. The van der Waals surface area contributed by atoms with Gasteiger partial charge in [-0.1, -0.05) is 6.92 Å². The molecule has 8 rings (SSSR count). The SMILES string of the molecule is CC[C@@H]1CN(c2ccc(C#N)c(OC)c2)[C@@H](C)CN1C(=O)Nc1ccc(N2CCC(CN3CCN(c4cc5c(cc4F)C(=O)N(C4CCC(=O)NC4=O)C5=O)CC3)CC2)nc1. The second kappa shape index (κ2) is 17.4. The summed E-state index contributed by atoms with van der Waals surface area (Å²) >= 11 is 0. The Balaban J connectivity index is 0.795. The van der Waals surface area contributed by atoms with Crippen molar-refractivity contribution in [2.24, 2.45) is 5.92 Å². The van der Waals surface area contributed by atoms with E-state index in [2.05, 4.69) is 45.3 Å². The van der Waals surface area contributed by atoms with Crippen molar-refractivity contribution in [2.75, 3.05) is 86.0 Å². The molecule has 5 aliphatic heterocycles. The number of benzene rings is 2. The third-order valence-corrected chi connectivity index (χ3v) is 12.9. The average Bonchev–Trinajstić information content (AvgIpc) is 3.50. The molecule has 0 aliphatic carbocycles. The summed E-state index contributed by atoms with van der Waals surface area (Å²) in [5.74, 6) is -1.22. The summed E-state index contributed by atoms with van der Waals surface area (Å²) in [6.45, 7) is 10.6. The van der Waals surface area contributed by atoms with Crippen molar-refractivity contribution in [1.82, 2.24) is 25.0 Å². The predicted octanol–water partition coefficient (Wildman–Crippen LogP) is 4.06. The number of hydrogen-bond acceptors (Lipinski definition) is 12. The molecule has 3 atom stereocenters. The van der Waals surface area contributed by atoms with Crippen molar-refractivity contribution >= 4 is 52.5 Å². The van der Waals surface area contributed by atoms with Gasteiger partial charge < -0.3 is 29.7 Å². The fraction of sp³-hybridized carbons (Fsp3) is 0.477. The lowest BCUT2D eigenvalue weighted by Crippen LogP contribution is -2.60. The predicted molar refractivity (Wildman–Crippen MR) is 225 cm³/mol. The van der Waals surface area contributed by atoms with E-state index >= 15 is 4.39 Å². The summed E-state index contributed by atoms with van der Waals surface area (Å²) < 4.78 is 20.9. The normalized spacial score (nSPS) is 22.6. The number of imide groups is 2. The number of aromatic nitrogens is 1. The molecule has 17 heteroatoms. The average molecular weight is 835 g/mol. The van der Waals surface area contributed by atoms with Gasteiger partial charge in [-0.2, -0.15) is 5.26 Å². The van der Waals surface area contributed by atoms with Gasteiger partial charge >= 0.3 is 6.03 Å². The van der Waals surface area contributed by atoms with Gasteiger partial charge in [-0.15, -0.1) is 0 Å². The molecule has 4 saturated heterocycles. The lowest BCUT2D eigenvalue weighted by Gasteiger charge is -2.46. The molecule has 6 heterocycles. The monoisotopic (exact) mass is 834 g/mol. The van der Waals surface area contributed by atoms with Gasteiger partial charge in [0.1, 0.15) is 29.5 Å². The Hall–Kier alpha value is -6.28. The van der Waals surface area contributed by atoms with E-state index in [1.165, 1.54) is 6.07 Å². The number of carbonyl (C=O) groups excluding carboxylic acids is 5. The first-order valence-electron chi connectivity index (χ1n) is 21.1. The Morgan fingerprint density at radius 3 is 2.34 bits per heavy atom. The first-order chi connectivity index (χ1) is 29.5. The summed E-state index contributed by atoms with van der Waals surface area (Å²) in [6, 6.07) is 12.9. The number of hydrogen-bond donors (Lipinski definition) is 2. The Morgan fingerprint density at radius 1 is 0.951 bits per heavy atom. The molecule has 1 aromatic heterocycles. The summed E-state index contributed by atoms with van der Waals surface area (Å²) in [5, 5.41) is 14.6. The number of methoxy groups -OCH3 is 1. The first kappa shape index (κ1) is 41.5. The van der Waals surface area contributed by atoms with Crippen LogP contribution in [0, 0.1) is 23.1 Å². The van der Waals surface area contributed by atoms with Crippen molar-refractivity contribution in [3.8, 4) is 11.8 Å². The molecular weight excluding hydrogens is 784 g/mol. The number of halogens is 1. The summed E-state index contributed by atoms with van der Waals surface area (Å²) in [7, 11) is 1.56. The number of rotatable bonds is 9. The van der Waals surface area contributed by atoms with E-state index in [9.17, 15) is 29.2 Å². The van der Waals surface area contributed by atoms with Gasteiger partial charge in [0, 0.05) is 83.1 Å². The lowest BCUT2D eigenvalue weighted by molar-refractivity contribution is -0.136. The number of nitriles is 1. The van der Waals surface area contributed by atoms with Gasteiger partial charge in [0.25, 0.3) is 11.8 Å². The highest BCUT2D eigenvalue weighted by molar-refractivity contribution is 6.23. The van der Waals surface area contributed by atoms with Crippen molar-refractivity contribution in [3.05, 3.63) is 71.2 Å². The van der Waals surface area contributed by atoms with Gasteiger partial charge in [-0.25, -0.2) is 14.2 Å². The smallest absolute Gasteiger partial charge is 0.322 e. The second-order valence-corrected chi connectivity index (χ2v) is 16.6. The van der Waals surface area contributed by atoms with Crippen molar-refractivity contribution in [2.45, 2.75) is 64.1 Å². The maximum absolute atomic E-state index is 15.5. The number of anilines is 4. The van der Waals surface area contributed by atoms with E-state index in [4.69, 9.17) is 9.72 Å². The number of piperidine rings is 2. The van der Waals surface area contributed by atoms with Crippen LogP contribution < -0.4 is 30.1 Å². The molecular formula is C44H51FN10O6. The zero-order valence-electron chi connectivity index (χ0n) is 34.7. The number of ether oxygens (including phenoxy) is 1. The van der Waals surface area contributed by atoms with Crippen LogP contribution in [0.3, 0.4) is 0 Å². The molecule has 0 saturated carbocycles. The molecule has 320 valence electrons. The van der Waals surface area contributed by atoms with Crippen LogP contribution in [0.15, 0.2) is 48.7 Å². The number of urea groups is 1. The number of nitrogens with zero attached hydrogens (tertiary/aromatic N) is 8. The van der Waals surface area contributed by atoms with Gasteiger partial charge in [-0.05, 0) is 74.9 Å². The zero-order chi connectivity index (χ0) is 42.9. The van der Waals surface area contributed by atoms with E-state index < -0.39 is 35.5 Å². The Kier molecular flexibility index (Phi) is 11.8. The Labute approximate surface area is 354 Å². The molecule has 0 bridgehead atoms. The highest BCUT2D eigenvalue weighted by Gasteiger charge is 2.45. The fourth-order valence-electron chi connectivity index (χ4n) is 9.39. The highest BCUT2D eigenvalue weighted by Crippen LogP contribution is 2.34. The molecule has 5 aliphatic rings. The van der Waals surface area contributed by atoms with Gasteiger partial charge in [0.2, 0.25) is 11.8 Å². The van der Waals surface area contributed by atoms with E-state index in [-0.39, 0.29) is 47.8 Å². The Morgan fingerprint density at radius 2 is 1.69 bits per heavy atom. The number of carbonyl (C=O) groups is 5. The highest BCUT2D eigenvalue weighted by atomic mass is 19.1. The van der Waals surface area contributed by atoms with Crippen LogP contribution in [0.4, 0.5) is 32.1 Å². The minimum atomic E-state index is -1.10. The topological polar surface area (TPSA) is 175 Å². The summed E-state index contributed by atoms with van der Waals surface area (Å²) in [4.78, 5) is 80.4. The number of amides is 6. The van der Waals surface area contributed by atoms with Gasteiger partial charge in [0.15, 0.2) is 0 Å². The van der Waals surface area contributed by atoms with Gasteiger partial charge in [-0.3, -0.25) is 34.3 Å². The quantitative estimate of drug-likeness (QED) is 0.297. The minimum Gasteiger partial charge on any atom is -0.495 e. The van der Waals surface area contributed by atoms with E-state index in [1.54, 1.807) is 19.4 Å². The molecule has 2 N–H and O–H groups in total. The molecule has 1 unspecified atom stereocenters. The molecule has 0 spiro atoms. The molecule has 0 radical (unpaired) electrons. The van der Waals surface area contributed by atoms with Crippen LogP contribution in [-0.4, -0.2) is 133 Å². The molecule has 61 heavy (non-hydrogen) atoms. The van der Waals surface area contributed by atoms with Crippen molar-refractivity contribution in [3.63, 3.8) is 0 Å². The molecule has 16 nitrogen and oxygen atoms in total. The summed E-state index contributed by atoms with van der Waals surface area (Å²) in [6.07, 6.45) is 4.55. The Bertz CT molecular complexity index is 2250. The lowest BCUT2D eigenvalue weighted by atomic mass is 9.96. The number of pyridine rings is 1. The minimum absolute atomic E-state index is 0.00964. The van der Waals surface area contributed by atoms with Crippen LogP contribution in [0.2, 0.25) is 0 Å². The van der Waals surface area contributed by atoms with Crippen LogP contribution in [0.25, 0.3) is 0 Å². The maximum Gasteiger partial charge on any atom is 0.322 e. The van der Waals surface area contributed by atoms with E-state index in [0.717, 1.165) is 74.5 Å². The zero-order valence-corrected chi connectivity index (χ0v) is 34.7. The van der Waals surface area contributed by atoms with E-state index in [0.29, 0.717) is 49.1 Å². The van der Waals surface area contributed by atoms with Gasteiger partial charge in [0.05, 0.1) is 47.4 Å². The molecule has 4 fully saturated rings. The third kappa shape index (κ3) is 8.28. The van der Waals surface area contributed by atoms with Crippen LogP contribution in [-0.2, 0) is 9.59 Å². The second-order valence-electron chi connectivity index (χ2n) is 16.6. The summed E-state index contributed by atoms with van der Waals surface area (Å²) in [5.41, 5.74) is 2.35. The van der Waals surface area contributed by atoms with E-state index in [1.807, 2.05) is 34.1 Å². The molecule has 6 amide bonds. The first-order valence-corrected chi connectivity index (χ1v) is 21.1. The third-order valence-electron chi connectivity index (χ3n) is 12.9.